The van der Waals surface area contributed by atoms with E-state index < -0.39 is 0 Å². The average Bonchev–Trinajstić information content (AvgIpc) is 1.65. The van der Waals surface area contributed by atoms with Crippen LogP contribution in [0.5, 0.6) is 0 Å². The van der Waals surface area contributed by atoms with Gasteiger partial charge < -0.3 is 0 Å². The predicted octanol–water partition coefficient (Wildman–Crippen LogP) is 2.11. The molecule has 1 N–H and O–H groups in total. The van der Waals surface area contributed by atoms with Gasteiger partial charge in [0, 0.05) is 0 Å². The standard InChI is InChI=1S/C7H15O2/c1-5-6(9-8)7(2,3)4/h6,8H,1,5H2,2-4H3. The molecular weight excluding hydrogens is 116 g/mol. The Hall–Kier alpha value is -0.0800. The molecule has 0 aliphatic heterocycles. The maximum Gasteiger partial charge on any atom is 0.0975 e. The number of rotatable bonds is 2. The minimum Gasteiger partial charge on any atom is -0.252 e. The summed E-state index contributed by atoms with van der Waals surface area (Å²) >= 11 is 0. The van der Waals surface area contributed by atoms with Crippen LogP contribution in [-0.4, -0.2) is 11.4 Å². The maximum atomic E-state index is 8.32. The fraction of sp³-hybridized carbons (Fsp3) is 0.857. The van der Waals surface area contributed by atoms with Gasteiger partial charge in [-0.25, -0.2) is 4.89 Å². The van der Waals surface area contributed by atoms with Gasteiger partial charge in [-0.15, -0.1) is 0 Å². The molecule has 0 fully saturated rings. The minimum atomic E-state index is -0.155. The summed E-state index contributed by atoms with van der Waals surface area (Å²) in [5, 5.41) is 8.32. The van der Waals surface area contributed by atoms with Crippen molar-refractivity contribution in [2.45, 2.75) is 33.3 Å². The molecule has 0 spiro atoms. The third-order valence-electron chi connectivity index (χ3n) is 1.36. The molecule has 1 radical (unpaired) electrons. The zero-order valence-corrected chi connectivity index (χ0v) is 6.35. The summed E-state index contributed by atoms with van der Waals surface area (Å²) in [5.41, 5.74) is -0.0174. The topological polar surface area (TPSA) is 29.5 Å². The number of hydrogen-bond acceptors (Lipinski definition) is 2. The first-order valence-electron chi connectivity index (χ1n) is 3.12. The third kappa shape index (κ3) is 2.82. The van der Waals surface area contributed by atoms with Crippen LogP contribution in [0.1, 0.15) is 27.2 Å². The van der Waals surface area contributed by atoms with E-state index in [1.54, 1.807) is 0 Å². The van der Waals surface area contributed by atoms with E-state index >= 15 is 0 Å². The molecule has 0 aromatic carbocycles. The summed E-state index contributed by atoms with van der Waals surface area (Å²) < 4.78 is 0. The van der Waals surface area contributed by atoms with Crippen molar-refractivity contribution >= 4 is 0 Å². The smallest absolute Gasteiger partial charge is 0.0975 e. The Morgan fingerprint density at radius 2 is 2.00 bits per heavy atom. The van der Waals surface area contributed by atoms with Gasteiger partial charge in [-0.05, 0) is 11.8 Å². The molecule has 0 rings (SSSR count). The van der Waals surface area contributed by atoms with E-state index in [0.29, 0.717) is 6.42 Å². The van der Waals surface area contributed by atoms with Crippen LogP contribution in [0.15, 0.2) is 0 Å². The second-order valence-corrected chi connectivity index (χ2v) is 3.25. The van der Waals surface area contributed by atoms with Crippen LogP contribution in [0, 0.1) is 12.3 Å². The van der Waals surface area contributed by atoms with Crippen molar-refractivity contribution in [1.82, 2.24) is 0 Å². The molecule has 0 saturated carbocycles. The van der Waals surface area contributed by atoms with Gasteiger partial charge in [-0.3, -0.25) is 5.26 Å². The van der Waals surface area contributed by atoms with Crippen LogP contribution in [0.25, 0.3) is 0 Å². The second-order valence-electron chi connectivity index (χ2n) is 3.25. The van der Waals surface area contributed by atoms with Gasteiger partial charge in [0.25, 0.3) is 0 Å². The summed E-state index contributed by atoms with van der Waals surface area (Å²) in [6, 6.07) is 0. The van der Waals surface area contributed by atoms with E-state index in [9.17, 15) is 0 Å². The van der Waals surface area contributed by atoms with Crippen molar-refractivity contribution in [3.05, 3.63) is 6.92 Å². The van der Waals surface area contributed by atoms with Crippen LogP contribution < -0.4 is 0 Å². The summed E-state index contributed by atoms with van der Waals surface area (Å²) in [6.07, 6.45) is 0.442. The second kappa shape index (κ2) is 3.18. The van der Waals surface area contributed by atoms with Crippen LogP contribution in [0.2, 0.25) is 0 Å². The summed E-state index contributed by atoms with van der Waals surface area (Å²) in [7, 11) is 0. The van der Waals surface area contributed by atoms with Crippen molar-refractivity contribution < 1.29 is 10.1 Å². The van der Waals surface area contributed by atoms with Gasteiger partial charge in [-0.1, -0.05) is 27.7 Å². The van der Waals surface area contributed by atoms with Crippen LogP contribution in [0.4, 0.5) is 0 Å². The highest BCUT2D eigenvalue weighted by molar-refractivity contribution is 4.73. The fourth-order valence-electron chi connectivity index (χ4n) is 0.644. The van der Waals surface area contributed by atoms with Crippen molar-refractivity contribution in [2.24, 2.45) is 5.41 Å². The van der Waals surface area contributed by atoms with Crippen LogP contribution in [0.3, 0.4) is 0 Å². The van der Waals surface area contributed by atoms with E-state index in [4.69, 9.17) is 5.26 Å². The summed E-state index contributed by atoms with van der Waals surface area (Å²) in [5.74, 6) is 0. The first-order chi connectivity index (χ1) is 4.02. The van der Waals surface area contributed by atoms with Gasteiger partial charge in [0.1, 0.15) is 0 Å². The summed E-state index contributed by atoms with van der Waals surface area (Å²) in [4.78, 5) is 4.20. The van der Waals surface area contributed by atoms with Gasteiger partial charge in [-0.2, -0.15) is 0 Å². The molecule has 0 heterocycles. The molecule has 0 aromatic rings. The van der Waals surface area contributed by atoms with E-state index in [2.05, 4.69) is 11.8 Å². The molecule has 9 heavy (non-hydrogen) atoms. The lowest BCUT2D eigenvalue weighted by Crippen LogP contribution is -2.27. The Balaban J connectivity index is 3.79. The highest BCUT2D eigenvalue weighted by Crippen LogP contribution is 2.23. The van der Waals surface area contributed by atoms with Crippen molar-refractivity contribution in [3.8, 4) is 0 Å². The van der Waals surface area contributed by atoms with Gasteiger partial charge in [0.15, 0.2) is 0 Å². The molecule has 55 valence electrons. The normalized spacial score (nSPS) is 15.7. The van der Waals surface area contributed by atoms with Crippen molar-refractivity contribution in [1.29, 1.82) is 0 Å². The fourth-order valence-corrected chi connectivity index (χ4v) is 0.644. The minimum absolute atomic E-state index is 0.0174. The van der Waals surface area contributed by atoms with E-state index in [-0.39, 0.29) is 11.5 Å². The average molecular weight is 131 g/mol. The largest absolute Gasteiger partial charge is 0.252 e. The Morgan fingerprint density at radius 1 is 1.56 bits per heavy atom. The molecule has 1 unspecified atom stereocenters. The molecule has 0 bridgehead atoms. The third-order valence-corrected chi connectivity index (χ3v) is 1.36. The van der Waals surface area contributed by atoms with E-state index in [0.717, 1.165) is 0 Å². The van der Waals surface area contributed by atoms with Crippen LogP contribution >= 0.6 is 0 Å². The number of hydrogen-bond donors (Lipinski definition) is 1. The Labute approximate surface area is 56.8 Å². The lowest BCUT2D eigenvalue weighted by Gasteiger charge is -2.25. The highest BCUT2D eigenvalue weighted by atomic mass is 17.1. The van der Waals surface area contributed by atoms with Gasteiger partial charge >= 0.3 is 0 Å². The predicted molar refractivity (Wildman–Crippen MR) is 36.9 cm³/mol. The van der Waals surface area contributed by atoms with Crippen molar-refractivity contribution in [2.75, 3.05) is 0 Å². The first kappa shape index (κ1) is 8.92. The molecule has 0 aliphatic rings. The lowest BCUT2D eigenvalue weighted by molar-refractivity contribution is -0.298. The monoisotopic (exact) mass is 131 g/mol. The van der Waals surface area contributed by atoms with E-state index in [1.807, 2.05) is 20.8 Å². The van der Waals surface area contributed by atoms with Gasteiger partial charge in [0.2, 0.25) is 0 Å². The molecule has 0 aliphatic carbocycles. The SMILES string of the molecule is [CH2]CC(OO)C(C)(C)C. The Morgan fingerprint density at radius 3 is 2.00 bits per heavy atom. The maximum absolute atomic E-state index is 8.32. The zero-order valence-electron chi connectivity index (χ0n) is 6.35. The zero-order chi connectivity index (χ0) is 7.49. The van der Waals surface area contributed by atoms with Crippen molar-refractivity contribution in [3.63, 3.8) is 0 Å². The Bertz CT molecular complexity index is 69.5. The highest BCUT2D eigenvalue weighted by Gasteiger charge is 2.23. The molecule has 1 atom stereocenters. The summed E-state index contributed by atoms with van der Waals surface area (Å²) in [6.45, 7) is 9.64. The Kier molecular flexibility index (Phi) is 3.15. The molecule has 2 heteroatoms. The first-order valence-corrected chi connectivity index (χ1v) is 3.12. The molecule has 2 nitrogen and oxygen atoms in total. The molecule has 0 saturated heterocycles. The lowest BCUT2D eigenvalue weighted by atomic mass is 9.88. The van der Waals surface area contributed by atoms with Crippen LogP contribution in [-0.2, 0) is 4.89 Å². The molecule has 0 aromatic heterocycles. The quantitative estimate of drug-likeness (QED) is 0.459. The molecule has 0 amide bonds. The van der Waals surface area contributed by atoms with E-state index in [1.165, 1.54) is 0 Å². The van der Waals surface area contributed by atoms with Gasteiger partial charge in [0.05, 0.1) is 6.10 Å². The molecular formula is C7H15O2.